The van der Waals surface area contributed by atoms with Gasteiger partial charge >= 0.3 is 0 Å². The van der Waals surface area contributed by atoms with Crippen molar-refractivity contribution in [2.75, 3.05) is 20.1 Å². The molecule has 0 aliphatic rings. The van der Waals surface area contributed by atoms with Crippen LogP contribution in [0.5, 0.6) is 0 Å². The fraction of sp³-hybridized carbons (Fsp3) is 0.400. The minimum absolute atomic E-state index is 0.0282. The van der Waals surface area contributed by atoms with Crippen LogP contribution in [0.1, 0.15) is 31.5 Å². The predicted molar refractivity (Wildman–Crippen MR) is 106 cm³/mol. The summed E-state index contributed by atoms with van der Waals surface area (Å²) in [6.07, 6.45) is 2.64. The van der Waals surface area contributed by atoms with Crippen molar-refractivity contribution in [1.29, 1.82) is 0 Å². The number of aromatic nitrogens is 1. The zero-order valence-electron chi connectivity index (χ0n) is 16.1. The maximum atomic E-state index is 12.5. The fourth-order valence-corrected chi connectivity index (χ4v) is 4.26. The van der Waals surface area contributed by atoms with Crippen molar-refractivity contribution in [3.05, 3.63) is 59.9 Å². The van der Waals surface area contributed by atoms with Gasteiger partial charge in [0.05, 0.1) is 17.1 Å². The first-order valence-corrected chi connectivity index (χ1v) is 10.6. The number of pyridine rings is 1. The summed E-state index contributed by atoms with van der Waals surface area (Å²) in [7, 11) is -1.69. The van der Waals surface area contributed by atoms with Crippen LogP contribution < -0.4 is 0 Å². The lowest BCUT2D eigenvalue weighted by Crippen LogP contribution is -2.30. The van der Waals surface area contributed by atoms with Gasteiger partial charge in [-0.3, -0.25) is 9.78 Å². The van der Waals surface area contributed by atoms with Crippen LogP contribution in [-0.2, 0) is 27.8 Å². The van der Waals surface area contributed by atoms with Crippen molar-refractivity contribution in [2.45, 2.75) is 38.1 Å². The van der Waals surface area contributed by atoms with E-state index in [1.54, 1.807) is 42.4 Å². The Balaban J connectivity index is 1.94. The average molecular weight is 390 g/mol. The number of aryl methyl sites for hydroxylation is 1. The molecule has 2 aromatic rings. The van der Waals surface area contributed by atoms with Crippen LogP contribution in [0.3, 0.4) is 0 Å². The first-order valence-electron chi connectivity index (χ1n) is 9.11. The van der Waals surface area contributed by atoms with Crippen molar-refractivity contribution in [1.82, 2.24) is 14.2 Å². The molecule has 7 heteroatoms. The van der Waals surface area contributed by atoms with Gasteiger partial charge in [0, 0.05) is 32.8 Å². The van der Waals surface area contributed by atoms with Crippen LogP contribution in [0, 0.1) is 0 Å². The second kappa shape index (κ2) is 9.62. The minimum Gasteiger partial charge on any atom is -0.340 e. The SMILES string of the molecule is CCN(CC)S(=O)(=O)c1ccc(CCC(=O)N(C)Cc2ccccn2)cc1. The first-order chi connectivity index (χ1) is 12.9. The van der Waals surface area contributed by atoms with E-state index in [2.05, 4.69) is 4.98 Å². The number of hydrogen-bond donors (Lipinski definition) is 0. The number of nitrogens with zero attached hydrogens (tertiary/aromatic N) is 3. The molecule has 0 atom stereocenters. The van der Waals surface area contributed by atoms with Gasteiger partial charge in [-0.05, 0) is 36.2 Å². The molecule has 0 bridgehead atoms. The quantitative estimate of drug-likeness (QED) is 0.661. The molecule has 6 nitrogen and oxygen atoms in total. The van der Waals surface area contributed by atoms with Gasteiger partial charge in [-0.1, -0.05) is 32.0 Å². The van der Waals surface area contributed by atoms with Crippen molar-refractivity contribution in [3.8, 4) is 0 Å². The molecule has 1 amide bonds. The molecule has 0 fully saturated rings. The Morgan fingerprint density at radius 2 is 1.70 bits per heavy atom. The normalized spacial score (nSPS) is 11.6. The molecule has 0 saturated carbocycles. The molecule has 146 valence electrons. The maximum absolute atomic E-state index is 12.5. The summed E-state index contributed by atoms with van der Waals surface area (Å²) in [5.41, 5.74) is 1.78. The van der Waals surface area contributed by atoms with Gasteiger partial charge in [-0.25, -0.2) is 8.42 Å². The highest BCUT2D eigenvalue weighted by Gasteiger charge is 2.21. The number of benzene rings is 1. The fourth-order valence-electron chi connectivity index (χ4n) is 2.81. The van der Waals surface area contributed by atoms with E-state index in [0.717, 1.165) is 11.3 Å². The first kappa shape index (κ1) is 21.1. The summed E-state index contributed by atoms with van der Waals surface area (Å²) in [6.45, 7) is 5.00. The average Bonchev–Trinajstić information content (AvgIpc) is 2.68. The smallest absolute Gasteiger partial charge is 0.243 e. The Labute approximate surface area is 161 Å². The van der Waals surface area contributed by atoms with Gasteiger partial charge in [0.15, 0.2) is 0 Å². The summed E-state index contributed by atoms with van der Waals surface area (Å²) in [4.78, 5) is 18.5. The number of amides is 1. The van der Waals surface area contributed by atoms with Crippen molar-refractivity contribution in [3.63, 3.8) is 0 Å². The van der Waals surface area contributed by atoms with E-state index in [0.29, 0.717) is 32.5 Å². The highest BCUT2D eigenvalue weighted by molar-refractivity contribution is 7.89. The van der Waals surface area contributed by atoms with Gasteiger partial charge in [-0.15, -0.1) is 0 Å². The van der Waals surface area contributed by atoms with Crippen LogP contribution in [0.2, 0.25) is 0 Å². The molecule has 1 aromatic heterocycles. The number of sulfonamides is 1. The second-order valence-electron chi connectivity index (χ2n) is 6.30. The van der Waals surface area contributed by atoms with Gasteiger partial charge in [-0.2, -0.15) is 4.31 Å². The minimum atomic E-state index is -3.45. The number of carbonyl (C=O) groups is 1. The number of carbonyl (C=O) groups excluding carboxylic acids is 1. The molecule has 27 heavy (non-hydrogen) atoms. The lowest BCUT2D eigenvalue weighted by atomic mass is 10.1. The highest BCUT2D eigenvalue weighted by atomic mass is 32.2. The summed E-state index contributed by atoms with van der Waals surface area (Å²) in [5, 5.41) is 0. The molecule has 0 radical (unpaired) electrons. The summed E-state index contributed by atoms with van der Waals surface area (Å²) < 4.78 is 26.4. The molecular formula is C20H27N3O3S. The topological polar surface area (TPSA) is 70.6 Å². The summed E-state index contributed by atoms with van der Waals surface area (Å²) >= 11 is 0. The monoisotopic (exact) mass is 389 g/mol. The molecule has 1 heterocycles. The molecule has 0 unspecified atom stereocenters. The van der Waals surface area contributed by atoms with E-state index in [4.69, 9.17) is 0 Å². The Morgan fingerprint density at radius 1 is 1.04 bits per heavy atom. The molecule has 0 aliphatic heterocycles. The van der Waals surface area contributed by atoms with E-state index in [-0.39, 0.29) is 10.8 Å². The van der Waals surface area contributed by atoms with Crippen molar-refractivity contribution >= 4 is 15.9 Å². The van der Waals surface area contributed by atoms with Crippen LogP contribution in [0.25, 0.3) is 0 Å². The molecule has 1 aromatic carbocycles. The predicted octanol–water partition coefficient (Wildman–Crippen LogP) is 2.70. The molecule has 0 saturated heterocycles. The number of rotatable bonds is 9. The van der Waals surface area contributed by atoms with E-state index >= 15 is 0 Å². The highest BCUT2D eigenvalue weighted by Crippen LogP contribution is 2.17. The van der Waals surface area contributed by atoms with Crippen LogP contribution >= 0.6 is 0 Å². The largest absolute Gasteiger partial charge is 0.340 e. The Hall–Kier alpha value is -2.25. The van der Waals surface area contributed by atoms with E-state index in [1.807, 2.05) is 32.0 Å². The Kier molecular flexibility index (Phi) is 7.50. The van der Waals surface area contributed by atoms with Crippen LogP contribution in [-0.4, -0.2) is 48.7 Å². The van der Waals surface area contributed by atoms with Crippen LogP contribution in [0.4, 0.5) is 0 Å². The summed E-state index contributed by atoms with van der Waals surface area (Å²) in [5.74, 6) is 0.0282. The molecule has 2 rings (SSSR count). The van der Waals surface area contributed by atoms with Gasteiger partial charge in [0.25, 0.3) is 0 Å². The zero-order valence-corrected chi connectivity index (χ0v) is 16.9. The van der Waals surface area contributed by atoms with E-state index in [9.17, 15) is 13.2 Å². The standard InChI is InChI=1S/C20H27N3O3S/c1-4-23(5-2)27(25,26)19-12-9-17(10-13-19)11-14-20(24)22(3)16-18-8-6-7-15-21-18/h6-10,12-13,15H,4-5,11,14,16H2,1-3H3. The van der Waals surface area contributed by atoms with Crippen molar-refractivity contribution in [2.24, 2.45) is 0 Å². The lowest BCUT2D eigenvalue weighted by Gasteiger charge is -2.18. The lowest BCUT2D eigenvalue weighted by molar-refractivity contribution is -0.130. The third kappa shape index (κ3) is 5.61. The second-order valence-corrected chi connectivity index (χ2v) is 8.24. The number of hydrogen-bond acceptors (Lipinski definition) is 4. The van der Waals surface area contributed by atoms with Crippen LogP contribution in [0.15, 0.2) is 53.6 Å². The molecular weight excluding hydrogens is 362 g/mol. The van der Waals surface area contributed by atoms with E-state index < -0.39 is 10.0 Å². The summed E-state index contributed by atoms with van der Waals surface area (Å²) in [6, 6.07) is 12.4. The molecule has 0 N–H and O–H groups in total. The Morgan fingerprint density at radius 3 is 2.26 bits per heavy atom. The third-order valence-electron chi connectivity index (χ3n) is 4.45. The zero-order chi connectivity index (χ0) is 19.9. The molecule has 0 spiro atoms. The Bertz CT molecular complexity index is 833. The van der Waals surface area contributed by atoms with Gasteiger partial charge in [0.1, 0.15) is 0 Å². The van der Waals surface area contributed by atoms with E-state index in [1.165, 1.54) is 4.31 Å². The van der Waals surface area contributed by atoms with Crippen molar-refractivity contribution < 1.29 is 13.2 Å². The van der Waals surface area contributed by atoms with Gasteiger partial charge < -0.3 is 4.90 Å². The van der Waals surface area contributed by atoms with Gasteiger partial charge in [0.2, 0.25) is 15.9 Å². The maximum Gasteiger partial charge on any atom is 0.243 e. The molecule has 0 aliphatic carbocycles. The third-order valence-corrected chi connectivity index (χ3v) is 6.51.